The van der Waals surface area contributed by atoms with Crippen molar-refractivity contribution in [3.63, 3.8) is 0 Å². The zero-order chi connectivity index (χ0) is 15.8. The van der Waals surface area contributed by atoms with Crippen molar-refractivity contribution in [3.8, 4) is 0 Å². The lowest BCUT2D eigenvalue weighted by molar-refractivity contribution is 0.0734. The number of benzene rings is 1. The van der Waals surface area contributed by atoms with Crippen LogP contribution in [0.5, 0.6) is 0 Å². The summed E-state index contributed by atoms with van der Waals surface area (Å²) >= 11 is 3.10. The van der Waals surface area contributed by atoms with E-state index in [-0.39, 0.29) is 22.0 Å². The number of primary sulfonamides is 1. The number of amides is 1. The van der Waals surface area contributed by atoms with Gasteiger partial charge in [0.1, 0.15) is 10.7 Å². The molecule has 0 spiro atoms. The lowest BCUT2D eigenvalue weighted by Crippen LogP contribution is -2.35. The fourth-order valence-electron chi connectivity index (χ4n) is 2.56. The fraction of sp³-hybridized carbons (Fsp3) is 0.462. The molecular weight excluding hydrogens is 363 g/mol. The molecule has 0 bridgehead atoms. The Bertz CT molecular complexity index is 672. The third-order valence-corrected chi connectivity index (χ3v) is 5.33. The third-order valence-electron chi connectivity index (χ3n) is 3.75. The van der Waals surface area contributed by atoms with Gasteiger partial charge < -0.3 is 4.90 Å². The number of rotatable bonds is 3. The first kappa shape index (κ1) is 16.4. The van der Waals surface area contributed by atoms with E-state index in [9.17, 15) is 17.6 Å². The molecule has 2 N–H and O–H groups in total. The monoisotopic (exact) mass is 378 g/mol. The number of carbonyl (C=O) groups excluding carboxylic acids is 1. The molecule has 1 aliphatic carbocycles. The van der Waals surface area contributed by atoms with Gasteiger partial charge in [-0.1, -0.05) is 12.8 Å². The van der Waals surface area contributed by atoms with Crippen LogP contribution in [-0.2, 0) is 10.0 Å². The number of nitrogens with two attached hydrogens (primary N) is 1. The standard InChI is InChI=1S/C13H16BrFN2O3S/c1-17(8-4-2-3-5-8)13(18)9-6-12(21(16,19)20)11(15)7-10(9)14/h6-8H,2-5H2,1H3,(H2,16,19,20). The quantitative estimate of drug-likeness (QED) is 0.875. The molecule has 0 unspecified atom stereocenters. The Hall–Kier alpha value is -0.990. The van der Waals surface area contributed by atoms with Gasteiger partial charge in [0, 0.05) is 17.6 Å². The van der Waals surface area contributed by atoms with E-state index in [2.05, 4.69) is 15.9 Å². The Morgan fingerprint density at radius 3 is 2.48 bits per heavy atom. The molecule has 21 heavy (non-hydrogen) atoms. The van der Waals surface area contributed by atoms with Crippen molar-refractivity contribution in [1.29, 1.82) is 0 Å². The largest absolute Gasteiger partial charge is 0.339 e. The molecule has 1 aliphatic rings. The molecule has 0 atom stereocenters. The highest BCUT2D eigenvalue weighted by Crippen LogP contribution is 2.28. The molecule has 0 aliphatic heterocycles. The van der Waals surface area contributed by atoms with Gasteiger partial charge in [0.05, 0.1) is 5.56 Å². The second kappa shape index (κ2) is 6.02. The normalized spacial score (nSPS) is 16.2. The topological polar surface area (TPSA) is 80.5 Å². The van der Waals surface area contributed by atoms with E-state index in [1.165, 1.54) is 0 Å². The van der Waals surface area contributed by atoms with E-state index in [0.29, 0.717) is 0 Å². The Morgan fingerprint density at radius 2 is 1.95 bits per heavy atom. The van der Waals surface area contributed by atoms with Crippen LogP contribution < -0.4 is 5.14 Å². The summed E-state index contributed by atoms with van der Waals surface area (Å²) in [4.78, 5) is 13.4. The summed E-state index contributed by atoms with van der Waals surface area (Å²) in [5, 5.41) is 4.97. The fourth-order valence-corrected chi connectivity index (χ4v) is 3.66. The number of nitrogens with zero attached hydrogens (tertiary/aromatic N) is 1. The predicted octanol–water partition coefficient (Wildman–Crippen LogP) is 2.25. The van der Waals surface area contributed by atoms with Gasteiger partial charge in [-0.2, -0.15) is 0 Å². The van der Waals surface area contributed by atoms with Crippen LogP contribution >= 0.6 is 15.9 Å². The summed E-state index contributed by atoms with van der Waals surface area (Å²) in [7, 11) is -2.55. The van der Waals surface area contributed by atoms with E-state index < -0.39 is 20.7 Å². The second-order valence-electron chi connectivity index (χ2n) is 5.16. The van der Waals surface area contributed by atoms with Gasteiger partial charge in [-0.15, -0.1) is 0 Å². The Labute approximate surface area is 131 Å². The third kappa shape index (κ3) is 3.44. The van der Waals surface area contributed by atoms with Crippen LogP contribution in [0.1, 0.15) is 36.0 Å². The summed E-state index contributed by atoms with van der Waals surface area (Å²) in [5.74, 6) is -1.33. The Kier molecular flexibility index (Phi) is 4.69. The van der Waals surface area contributed by atoms with Crippen molar-refractivity contribution in [1.82, 2.24) is 4.90 Å². The average Bonchev–Trinajstić information content (AvgIpc) is 2.89. The Morgan fingerprint density at radius 1 is 1.38 bits per heavy atom. The molecule has 1 amide bonds. The molecule has 5 nitrogen and oxygen atoms in total. The van der Waals surface area contributed by atoms with Crippen LogP contribution in [0, 0.1) is 5.82 Å². The van der Waals surface area contributed by atoms with Crippen LogP contribution in [0.2, 0.25) is 0 Å². The highest BCUT2D eigenvalue weighted by Gasteiger charge is 2.27. The molecule has 1 aromatic rings. The van der Waals surface area contributed by atoms with E-state index >= 15 is 0 Å². The zero-order valence-corrected chi connectivity index (χ0v) is 13.9. The first-order chi connectivity index (χ1) is 9.71. The minimum absolute atomic E-state index is 0.0924. The maximum Gasteiger partial charge on any atom is 0.255 e. The summed E-state index contributed by atoms with van der Waals surface area (Å²) in [6.45, 7) is 0. The molecule has 1 aromatic carbocycles. The van der Waals surface area contributed by atoms with Gasteiger partial charge in [0.15, 0.2) is 0 Å². The summed E-state index contributed by atoms with van der Waals surface area (Å²) in [6.07, 6.45) is 3.97. The first-order valence-corrected chi connectivity index (χ1v) is 8.84. The summed E-state index contributed by atoms with van der Waals surface area (Å²) in [5.41, 5.74) is 0.0924. The molecule has 1 fully saturated rings. The molecule has 0 radical (unpaired) electrons. The highest BCUT2D eigenvalue weighted by molar-refractivity contribution is 9.10. The minimum atomic E-state index is -4.22. The van der Waals surface area contributed by atoms with Gasteiger partial charge in [-0.25, -0.2) is 17.9 Å². The minimum Gasteiger partial charge on any atom is -0.339 e. The van der Waals surface area contributed by atoms with E-state index in [1.807, 2.05) is 0 Å². The van der Waals surface area contributed by atoms with Crippen LogP contribution in [0.25, 0.3) is 0 Å². The molecule has 0 saturated heterocycles. The molecule has 0 aromatic heterocycles. The van der Waals surface area contributed by atoms with Crippen LogP contribution in [0.4, 0.5) is 4.39 Å². The van der Waals surface area contributed by atoms with Crippen molar-refractivity contribution in [2.24, 2.45) is 5.14 Å². The molecular formula is C13H16BrFN2O3S. The molecule has 1 saturated carbocycles. The number of hydrogen-bond acceptors (Lipinski definition) is 3. The summed E-state index contributed by atoms with van der Waals surface area (Å²) < 4.78 is 36.6. The average molecular weight is 379 g/mol. The predicted molar refractivity (Wildman–Crippen MR) is 79.8 cm³/mol. The van der Waals surface area contributed by atoms with E-state index in [0.717, 1.165) is 37.8 Å². The van der Waals surface area contributed by atoms with Crippen molar-refractivity contribution >= 4 is 31.9 Å². The molecule has 2 rings (SSSR count). The van der Waals surface area contributed by atoms with Crippen molar-refractivity contribution in [2.75, 3.05) is 7.05 Å². The van der Waals surface area contributed by atoms with Crippen LogP contribution in [0.15, 0.2) is 21.5 Å². The molecule has 0 heterocycles. The van der Waals surface area contributed by atoms with Gasteiger partial charge >= 0.3 is 0 Å². The Balaban J connectivity index is 2.41. The number of halogens is 2. The highest BCUT2D eigenvalue weighted by atomic mass is 79.9. The molecule has 8 heteroatoms. The number of sulfonamides is 1. The number of carbonyl (C=O) groups is 1. The van der Waals surface area contributed by atoms with Gasteiger partial charge in [0.25, 0.3) is 5.91 Å². The van der Waals surface area contributed by atoms with Crippen molar-refractivity contribution in [2.45, 2.75) is 36.6 Å². The van der Waals surface area contributed by atoms with Crippen LogP contribution in [0.3, 0.4) is 0 Å². The summed E-state index contributed by atoms with van der Waals surface area (Å²) in [6, 6.07) is 2.07. The maximum absolute atomic E-state index is 13.7. The van der Waals surface area contributed by atoms with Crippen LogP contribution in [-0.4, -0.2) is 32.3 Å². The zero-order valence-electron chi connectivity index (χ0n) is 11.5. The van der Waals surface area contributed by atoms with E-state index in [1.54, 1.807) is 11.9 Å². The van der Waals surface area contributed by atoms with Gasteiger partial charge in [0.2, 0.25) is 10.0 Å². The molecule has 116 valence electrons. The second-order valence-corrected chi connectivity index (χ2v) is 7.55. The van der Waals surface area contributed by atoms with Gasteiger partial charge in [-0.3, -0.25) is 4.79 Å². The maximum atomic E-state index is 13.7. The van der Waals surface area contributed by atoms with Gasteiger partial charge in [-0.05, 0) is 40.9 Å². The van der Waals surface area contributed by atoms with Crippen molar-refractivity contribution < 1.29 is 17.6 Å². The number of hydrogen-bond donors (Lipinski definition) is 1. The SMILES string of the molecule is CN(C(=O)c1cc(S(N)(=O)=O)c(F)cc1Br)C1CCCC1. The van der Waals surface area contributed by atoms with Crippen molar-refractivity contribution in [3.05, 3.63) is 28.0 Å². The smallest absolute Gasteiger partial charge is 0.255 e. The lowest BCUT2D eigenvalue weighted by Gasteiger charge is -2.25. The lowest BCUT2D eigenvalue weighted by atomic mass is 10.1. The first-order valence-electron chi connectivity index (χ1n) is 6.51. The van der Waals surface area contributed by atoms with E-state index in [4.69, 9.17) is 5.14 Å².